The SMILES string of the molecule is CS(=O)(=O)c1ccc(CN2Cc3ccnn3C(CN3CCCC3)C2)cc1. The zero-order chi connectivity index (χ0) is 18.1. The molecule has 1 aromatic carbocycles. The second-order valence-electron chi connectivity index (χ2n) is 7.51. The minimum Gasteiger partial charge on any atom is -0.301 e. The predicted molar refractivity (Wildman–Crippen MR) is 101 cm³/mol. The summed E-state index contributed by atoms with van der Waals surface area (Å²) in [7, 11) is -3.14. The van der Waals surface area contributed by atoms with Crippen LogP contribution in [0.2, 0.25) is 0 Å². The van der Waals surface area contributed by atoms with Gasteiger partial charge in [-0.15, -0.1) is 0 Å². The molecule has 2 aliphatic rings. The minimum atomic E-state index is -3.14. The number of hydrogen-bond acceptors (Lipinski definition) is 5. The number of hydrogen-bond donors (Lipinski definition) is 0. The summed E-state index contributed by atoms with van der Waals surface area (Å²) in [4.78, 5) is 5.36. The summed E-state index contributed by atoms with van der Waals surface area (Å²) >= 11 is 0. The summed E-state index contributed by atoms with van der Waals surface area (Å²) in [5.74, 6) is 0. The maximum atomic E-state index is 11.6. The molecular weight excluding hydrogens is 348 g/mol. The summed E-state index contributed by atoms with van der Waals surface area (Å²) in [6, 6.07) is 9.76. The highest BCUT2D eigenvalue weighted by atomic mass is 32.2. The summed E-state index contributed by atoms with van der Waals surface area (Å²) in [5.41, 5.74) is 2.40. The standard InChI is InChI=1S/C19H26N4O2S/c1-26(24,25)19-6-4-16(5-7-19)12-22-13-17-8-9-20-23(17)18(15-22)14-21-10-2-3-11-21/h4-9,18H,2-3,10-15H2,1H3. The van der Waals surface area contributed by atoms with Gasteiger partial charge < -0.3 is 4.90 Å². The van der Waals surface area contributed by atoms with Gasteiger partial charge >= 0.3 is 0 Å². The summed E-state index contributed by atoms with van der Waals surface area (Å²) in [6.45, 7) is 6.12. The van der Waals surface area contributed by atoms with E-state index in [1.807, 2.05) is 18.3 Å². The lowest BCUT2D eigenvalue weighted by Gasteiger charge is -2.35. The molecule has 0 aliphatic carbocycles. The largest absolute Gasteiger partial charge is 0.301 e. The monoisotopic (exact) mass is 374 g/mol. The van der Waals surface area contributed by atoms with Gasteiger partial charge in [-0.3, -0.25) is 9.58 Å². The van der Waals surface area contributed by atoms with Crippen molar-refractivity contribution in [2.75, 3.05) is 32.4 Å². The molecule has 0 saturated carbocycles. The van der Waals surface area contributed by atoms with Gasteiger partial charge in [0.2, 0.25) is 0 Å². The maximum absolute atomic E-state index is 11.6. The molecule has 1 fully saturated rings. The Morgan fingerprint density at radius 3 is 2.50 bits per heavy atom. The summed E-state index contributed by atoms with van der Waals surface area (Å²) in [6.07, 6.45) is 5.75. The first-order valence-corrected chi connectivity index (χ1v) is 11.1. The van der Waals surface area contributed by atoms with E-state index < -0.39 is 9.84 Å². The molecule has 1 aromatic heterocycles. The Morgan fingerprint density at radius 1 is 1.08 bits per heavy atom. The molecule has 6 nitrogen and oxygen atoms in total. The fourth-order valence-electron chi connectivity index (χ4n) is 4.08. The maximum Gasteiger partial charge on any atom is 0.175 e. The van der Waals surface area contributed by atoms with E-state index in [1.54, 1.807) is 12.1 Å². The van der Waals surface area contributed by atoms with Crippen LogP contribution in [0.1, 0.15) is 30.1 Å². The van der Waals surface area contributed by atoms with E-state index in [-0.39, 0.29) is 0 Å². The van der Waals surface area contributed by atoms with E-state index in [9.17, 15) is 8.42 Å². The second kappa shape index (κ2) is 7.13. The van der Waals surface area contributed by atoms with Crippen molar-refractivity contribution in [3.63, 3.8) is 0 Å². The van der Waals surface area contributed by atoms with Gasteiger partial charge in [0, 0.05) is 38.6 Å². The molecule has 0 N–H and O–H groups in total. The van der Waals surface area contributed by atoms with Crippen LogP contribution >= 0.6 is 0 Å². The Labute approximate surface area is 155 Å². The zero-order valence-electron chi connectivity index (χ0n) is 15.2. The molecule has 7 heteroatoms. The van der Waals surface area contributed by atoms with Gasteiger partial charge in [-0.1, -0.05) is 12.1 Å². The van der Waals surface area contributed by atoms with Gasteiger partial charge in [0.1, 0.15) is 0 Å². The van der Waals surface area contributed by atoms with Gasteiger partial charge in [0.15, 0.2) is 9.84 Å². The van der Waals surface area contributed by atoms with Crippen LogP contribution in [0, 0.1) is 0 Å². The van der Waals surface area contributed by atoms with Crippen LogP contribution in [0.15, 0.2) is 41.4 Å². The van der Waals surface area contributed by atoms with Crippen LogP contribution in [0.3, 0.4) is 0 Å². The first-order chi connectivity index (χ1) is 12.5. The van der Waals surface area contributed by atoms with E-state index >= 15 is 0 Å². The van der Waals surface area contributed by atoms with Crippen molar-refractivity contribution in [1.29, 1.82) is 0 Å². The first kappa shape index (κ1) is 17.7. The molecular formula is C19H26N4O2S. The molecule has 2 aromatic rings. The van der Waals surface area contributed by atoms with Crippen molar-refractivity contribution in [2.45, 2.75) is 36.9 Å². The molecule has 0 spiro atoms. The van der Waals surface area contributed by atoms with Crippen LogP contribution in [-0.4, -0.2) is 60.4 Å². The topological polar surface area (TPSA) is 58.4 Å². The van der Waals surface area contributed by atoms with Crippen molar-refractivity contribution in [1.82, 2.24) is 19.6 Å². The highest BCUT2D eigenvalue weighted by Gasteiger charge is 2.28. The molecule has 1 unspecified atom stereocenters. The lowest BCUT2D eigenvalue weighted by atomic mass is 10.1. The molecule has 0 radical (unpaired) electrons. The average molecular weight is 375 g/mol. The Kier molecular flexibility index (Phi) is 4.86. The number of rotatable bonds is 5. The molecule has 2 aliphatic heterocycles. The van der Waals surface area contributed by atoms with Crippen molar-refractivity contribution in [2.24, 2.45) is 0 Å². The Balaban J connectivity index is 1.47. The van der Waals surface area contributed by atoms with E-state index in [2.05, 4.69) is 25.6 Å². The molecule has 1 saturated heterocycles. The quantitative estimate of drug-likeness (QED) is 0.801. The second-order valence-corrected chi connectivity index (χ2v) is 9.53. The summed E-state index contributed by atoms with van der Waals surface area (Å²) in [5, 5.41) is 4.56. The summed E-state index contributed by atoms with van der Waals surface area (Å²) < 4.78 is 25.4. The minimum absolute atomic E-state index is 0.377. The lowest BCUT2D eigenvalue weighted by Crippen LogP contribution is -2.42. The van der Waals surface area contributed by atoms with Crippen LogP contribution in [0.5, 0.6) is 0 Å². The fourth-order valence-corrected chi connectivity index (χ4v) is 4.71. The fraction of sp³-hybridized carbons (Fsp3) is 0.526. The average Bonchev–Trinajstić information content (AvgIpc) is 3.26. The number of benzene rings is 1. The molecule has 3 heterocycles. The lowest BCUT2D eigenvalue weighted by molar-refractivity contribution is 0.139. The van der Waals surface area contributed by atoms with Crippen molar-refractivity contribution in [3.8, 4) is 0 Å². The normalized spacial score (nSPS) is 21.8. The molecule has 4 rings (SSSR count). The van der Waals surface area contributed by atoms with Gasteiger partial charge in [-0.05, 0) is 49.7 Å². The van der Waals surface area contributed by atoms with Crippen LogP contribution < -0.4 is 0 Å². The molecule has 1 atom stereocenters. The molecule has 0 bridgehead atoms. The van der Waals surface area contributed by atoms with Crippen LogP contribution in [0.25, 0.3) is 0 Å². The van der Waals surface area contributed by atoms with Gasteiger partial charge in [-0.2, -0.15) is 5.10 Å². The number of fused-ring (bicyclic) bond motifs is 1. The first-order valence-electron chi connectivity index (χ1n) is 9.25. The number of nitrogens with zero attached hydrogens (tertiary/aromatic N) is 4. The molecule has 140 valence electrons. The van der Waals surface area contributed by atoms with Gasteiger partial charge in [0.25, 0.3) is 0 Å². The predicted octanol–water partition coefficient (Wildman–Crippen LogP) is 1.94. The smallest absolute Gasteiger partial charge is 0.175 e. The number of aromatic nitrogens is 2. The van der Waals surface area contributed by atoms with Crippen molar-refractivity contribution in [3.05, 3.63) is 47.8 Å². The van der Waals surface area contributed by atoms with E-state index in [4.69, 9.17) is 0 Å². The van der Waals surface area contributed by atoms with Crippen molar-refractivity contribution >= 4 is 9.84 Å². The van der Waals surface area contributed by atoms with Gasteiger partial charge in [-0.25, -0.2) is 8.42 Å². The van der Waals surface area contributed by atoms with Crippen LogP contribution in [-0.2, 0) is 22.9 Å². The third-order valence-electron chi connectivity index (χ3n) is 5.38. The van der Waals surface area contributed by atoms with Crippen LogP contribution in [0.4, 0.5) is 0 Å². The Bertz CT molecular complexity index is 854. The van der Waals surface area contributed by atoms with E-state index in [0.29, 0.717) is 10.9 Å². The molecule has 0 amide bonds. The van der Waals surface area contributed by atoms with Crippen molar-refractivity contribution < 1.29 is 8.42 Å². The Hall–Kier alpha value is -1.70. The third-order valence-corrected chi connectivity index (χ3v) is 6.51. The van der Waals surface area contributed by atoms with E-state index in [0.717, 1.165) is 31.7 Å². The van der Waals surface area contributed by atoms with Gasteiger partial charge in [0.05, 0.1) is 16.6 Å². The zero-order valence-corrected chi connectivity index (χ0v) is 16.0. The molecule has 26 heavy (non-hydrogen) atoms. The highest BCUT2D eigenvalue weighted by Crippen LogP contribution is 2.24. The third kappa shape index (κ3) is 3.84. The van der Waals surface area contributed by atoms with E-state index in [1.165, 1.54) is 37.9 Å². The number of likely N-dealkylation sites (tertiary alicyclic amines) is 1. The highest BCUT2D eigenvalue weighted by molar-refractivity contribution is 7.90. The number of sulfone groups is 1. The Morgan fingerprint density at radius 2 is 1.81 bits per heavy atom.